The predicted octanol–water partition coefficient (Wildman–Crippen LogP) is 0.215. The van der Waals surface area contributed by atoms with Gasteiger partial charge in [0.05, 0.1) is 11.6 Å². The first-order chi connectivity index (χ1) is 6.13. The van der Waals surface area contributed by atoms with Crippen LogP contribution in [-0.4, -0.2) is 17.4 Å². The fourth-order valence-corrected chi connectivity index (χ4v) is 0.910. The maximum absolute atomic E-state index is 8.56. The van der Waals surface area contributed by atoms with E-state index in [0.29, 0.717) is 11.3 Å². The Kier molecular flexibility index (Phi) is 2.90. The number of nitriles is 1. The maximum atomic E-state index is 8.56. The van der Waals surface area contributed by atoms with Gasteiger partial charge in [-0.3, -0.25) is 0 Å². The molecule has 5 heteroatoms. The highest BCUT2D eigenvalue weighted by molar-refractivity contribution is 6.33. The summed E-state index contributed by atoms with van der Waals surface area (Å²) < 4.78 is 4.65. The molecule has 0 fully saturated rings. The molecule has 0 radical (unpaired) electrons. The molecule has 2 N–H and O–H groups in total. The Morgan fingerprint density at radius 3 is 2.69 bits per heavy atom. The van der Waals surface area contributed by atoms with E-state index in [4.69, 9.17) is 15.3 Å². The Labute approximate surface area is 76.2 Å². The molecule has 4 nitrogen and oxygen atoms in total. The molecule has 0 atom stereocenters. The molecule has 1 aromatic carbocycles. The second-order valence-corrected chi connectivity index (χ2v) is 2.54. The fraction of sp³-hybridized carbons (Fsp3) is 0.125. The fourth-order valence-electron chi connectivity index (χ4n) is 0.910. The highest BCUT2D eigenvalue weighted by Gasteiger charge is 2.12. The summed E-state index contributed by atoms with van der Waals surface area (Å²) in [7, 11) is -1.85. The van der Waals surface area contributed by atoms with Crippen molar-refractivity contribution in [3.8, 4) is 11.8 Å². The summed E-state index contributed by atoms with van der Waals surface area (Å²) in [4.78, 5) is 0. The number of rotatable bonds is 2. The summed E-state index contributed by atoms with van der Waals surface area (Å²) >= 11 is 0. The first kappa shape index (κ1) is 9.58. The first-order valence-electron chi connectivity index (χ1n) is 3.67. The highest BCUT2D eigenvalue weighted by atomic mass is 16.6. The monoisotopic (exact) mass is 177 g/mol. The predicted molar refractivity (Wildman–Crippen MR) is 46.7 cm³/mol. The second kappa shape index (κ2) is 3.94. The van der Waals surface area contributed by atoms with Crippen LogP contribution in [0.1, 0.15) is 11.1 Å². The quantitative estimate of drug-likeness (QED) is 0.633. The van der Waals surface area contributed by atoms with Gasteiger partial charge >= 0.3 is 7.32 Å². The van der Waals surface area contributed by atoms with Gasteiger partial charge in [-0.1, -0.05) is 6.07 Å². The molecule has 0 saturated heterocycles. The van der Waals surface area contributed by atoms with Gasteiger partial charge in [0.2, 0.25) is 0 Å². The van der Waals surface area contributed by atoms with E-state index in [1.807, 2.05) is 6.07 Å². The van der Waals surface area contributed by atoms with Gasteiger partial charge in [0.15, 0.2) is 0 Å². The van der Waals surface area contributed by atoms with E-state index in [2.05, 4.69) is 4.65 Å². The number of nitrogens with zero attached hydrogens (tertiary/aromatic N) is 1. The van der Waals surface area contributed by atoms with Gasteiger partial charge in [0, 0.05) is 0 Å². The first-order valence-corrected chi connectivity index (χ1v) is 3.67. The molecule has 1 aromatic rings. The van der Waals surface area contributed by atoms with Crippen molar-refractivity contribution in [1.82, 2.24) is 0 Å². The van der Waals surface area contributed by atoms with Gasteiger partial charge in [-0.25, -0.2) is 0 Å². The average molecular weight is 177 g/mol. The zero-order valence-electron chi connectivity index (χ0n) is 7.06. The summed E-state index contributed by atoms with van der Waals surface area (Å²) in [5, 5.41) is 25.6. The zero-order valence-corrected chi connectivity index (χ0v) is 7.06. The molecule has 0 bridgehead atoms. The van der Waals surface area contributed by atoms with Crippen molar-refractivity contribution in [3.05, 3.63) is 29.3 Å². The number of benzene rings is 1. The van der Waals surface area contributed by atoms with E-state index >= 15 is 0 Å². The van der Waals surface area contributed by atoms with Gasteiger partial charge in [-0.2, -0.15) is 5.26 Å². The molecule has 66 valence electrons. The maximum Gasteiger partial charge on any atom is 0.707 e. The Balaban J connectivity index is 2.99. The lowest BCUT2D eigenvalue weighted by molar-refractivity contribution is 0.287. The zero-order chi connectivity index (χ0) is 9.84. The third-order valence-corrected chi connectivity index (χ3v) is 1.55. The summed E-state index contributed by atoms with van der Waals surface area (Å²) in [6, 6.07) is 6.69. The molecule has 0 spiro atoms. The minimum Gasteiger partial charge on any atom is -0.512 e. The van der Waals surface area contributed by atoms with Crippen LogP contribution in [0.25, 0.3) is 0 Å². The van der Waals surface area contributed by atoms with Crippen LogP contribution in [0, 0.1) is 18.3 Å². The molecule has 0 heterocycles. The number of aryl methyl sites for hydroxylation is 1. The normalized spacial score (nSPS) is 9.08. The van der Waals surface area contributed by atoms with Crippen LogP contribution in [0.2, 0.25) is 0 Å². The van der Waals surface area contributed by atoms with E-state index in [1.54, 1.807) is 19.1 Å². The molecule has 0 unspecified atom stereocenters. The van der Waals surface area contributed by atoms with Crippen molar-refractivity contribution in [2.45, 2.75) is 6.92 Å². The smallest absolute Gasteiger partial charge is 0.512 e. The molecule has 0 saturated carbocycles. The largest absolute Gasteiger partial charge is 0.707 e. The number of hydrogen-bond acceptors (Lipinski definition) is 4. The Hall–Kier alpha value is -1.51. The Morgan fingerprint density at radius 1 is 1.46 bits per heavy atom. The molecule has 0 amide bonds. The molecule has 1 rings (SSSR count). The van der Waals surface area contributed by atoms with Crippen molar-refractivity contribution in [2.24, 2.45) is 0 Å². The van der Waals surface area contributed by atoms with Crippen LogP contribution in [0.3, 0.4) is 0 Å². The van der Waals surface area contributed by atoms with E-state index in [1.165, 1.54) is 6.07 Å². The summed E-state index contributed by atoms with van der Waals surface area (Å²) in [5.41, 5.74) is 1.16. The molecule has 0 aliphatic carbocycles. The van der Waals surface area contributed by atoms with Crippen LogP contribution < -0.4 is 4.65 Å². The third-order valence-electron chi connectivity index (χ3n) is 1.55. The Morgan fingerprint density at radius 2 is 2.15 bits per heavy atom. The van der Waals surface area contributed by atoms with E-state index < -0.39 is 7.32 Å². The summed E-state index contributed by atoms with van der Waals surface area (Å²) in [5.74, 6) is 0.300. The average Bonchev–Trinajstić information content (AvgIpc) is 2.08. The van der Waals surface area contributed by atoms with Crippen LogP contribution in [-0.2, 0) is 0 Å². The van der Waals surface area contributed by atoms with E-state index in [-0.39, 0.29) is 0 Å². The van der Waals surface area contributed by atoms with Gasteiger partial charge < -0.3 is 14.7 Å². The highest BCUT2D eigenvalue weighted by Crippen LogP contribution is 2.19. The molecular formula is C8H8BNO3. The van der Waals surface area contributed by atoms with Crippen LogP contribution >= 0.6 is 0 Å². The van der Waals surface area contributed by atoms with Gasteiger partial charge in [-0.05, 0) is 24.6 Å². The minimum atomic E-state index is -1.85. The minimum absolute atomic E-state index is 0.300. The molecule has 0 aliphatic rings. The van der Waals surface area contributed by atoms with E-state index in [0.717, 1.165) is 5.56 Å². The second-order valence-electron chi connectivity index (χ2n) is 2.54. The van der Waals surface area contributed by atoms with Crippen molar-refractivity contribution < 1.29 is 14.7 Å². The summed E-state index contributed by atoms with van der Waals surface area (Å²) in [6.45, 7) is 1.75. The molecule has 13 heavy (non-hydrogen) atoms. The van der Waals surface area contributed by atoms with Crippen molar-refractivity contribution in [1.29, 1.82) is 5.26 Å². The van der Waals surface area contributed by atoms with Crippen molar-refractivity contribution in [2.75, 3.05) is 0 Å². The van der Waals surface area contributed by atoms with Gasteiger partial charge in [0.25, 0.3) is 0 Å². The lowest BCUT2D eigenvalue weighted by atomic mass is 10.1. The lowest BCUT2D eigenvalue weighted by Gasteiger charge is -2.07. The molecule has 0 aromatic heterocycles. The lowest BCUT2D eigenvalue weighted by Crippen LogP contribution is -2.21. The Bertz CT molecular complexity index is 346. The van der Waals surface area contributed by atoms with Gasteiger partial charge in [-0.15, -0.1) is 0 Å². The summed E-state index contributed by atoms with van der Waals surface area (Å²) in [6.07, 6.45) is 0. The molecule has 0 aliphatic heterocycles. The molecular weight excluding hydrogens is 169 g/mol. The number of hydrogen-bond donors (Lipinski definition) is 2. The van der Waals surface area contributed by atoms with Crippen LogP contribution in [0.5, 0.6) is 5.75 Å². The van der Waals surface area contributed by atoms with Crippen LogP contribution in [0.15, 0.2) is 18.2 Å². The standard InChI is InChI=1S/C8H8BNO3/c1-6-2-3-7(5-10)4-8(6)13-9(11)12/h2-4,11-12H,1H3. The van der Waals surface area contributed by atoms with Crippen LogP contribution in [0.4, 0.5) is 0 Å². The van der Waals surface area contributed by atoms with Gasteiger partial charge in [0.1, 0.15) is 5.75 Å². The van der Waals surface area contributed by atoms with Crippen molar-refractivity contribution in [3.63, 3.8) is 0 Å². The third kappa shape index (κ3) is 2.47. The van der Waals surface area contributed by atoms with Crippen molar-refractivity contribution >= 4 is 7.32 Å². The topological polar surface area (TPSA) is 73.5 Å². The SMILES string of the molecule is Cc1ccc(C#N)cc1OB(O)O. The van der Waals surface area contributed by atoms with E-state index in [9.17, 15) is 0 Å².